The zero-order valence-corrected chi connectivity index (χ0v) is 17.1. The summed E-state index contributed by atoms with van der Waals surface area (Å²) in [7, 11) is 3.38. The van der Waals surface area contributed by atoms with Gasteiger partial charge in [0.1, 0.15) is 17.1 Å². The standard InChI is InChI=1S/C21H23N5O3/c1-12-18(13(2)29-25-12)20(27)23-10-15-6-8-16(9-7-15)19-17(21(28)26(4)5)11-22-14(3)24-19/h6-9,11H,10H2,1-5H3,(H,23,27). The molecule has 8 nitrogen and oxygen atoms in total. The van der Waals surface area contributed by atoms with E-state index in [4.69, 9.17) is 4.52 Å². The number of amides is 2. The Morgan fingerprint density at radius 3 is 2.38 bits per heavy atom. The predicted molar refractivity (Wildman–Crippen MR) is 107 cm³/mol. The molecule has 3 aromatic rings. The van der Waals surface area contributed by atoms with Gasteiger partial charge in [0.05, 0.1) is 17.0 Å². The third-order valence-corrected chi connectivity index (χ3v) is 4.49. The molecule has 0 bridgehead atoms. The van der Waals surface area contributed by atoms with E-state index in [1.54, 1.807) is 41.1 Å². The number of hydrogen-bond acceptors (Lipinski definition) is 6. The summed E-state index contributed by atoms with van der Waals surface area (Å²) in [6.45, 7) is 5.58. The maximum Gasteiger partial charge on any atom is 0.257 e. The third kappa shape index (κ3) is 4.31. The van der Waals surface area contributed by atoms with Gasteiger partial charge in [-0.15, -0.1) is 0 Å². The van der Waals surface area contributed by atoms with Gasteiger partial charge in [-0.3, -0.25) is 9.59 Å². The first-order valence-corrected chi connectivity index (χ1v) is 9.13. The van der Waals surface area contributed by atoms with Gasteiger partial charge in [0.2, 0.25) is 0 Å². The van der Waals surface area contributed by atoms with Crippen molar-refractivity contribution in [1.29, 1.82) is 0 Å². The fraction of sp³-hybridized carbons (Fsp3) is 0.286. The highest BCUT2D eigenvalue weighted by atomic mass is 16.5. The Bertz CT molecular complexity index is 1040. The minimum atomic E-state index is -0.226. The van der Waals surface area contributed by atoms with E-state index in [0.717, 1.165) is 11.1 Å². The summed E-state index contributed by atoms with van der Waals surface area (Å²) in [4.78, 5) is 34.9. The first kappa shape index (κ1) is 20.2. The summed E-state index contributed by atoms with van der Waals surface area (Å²) in [6, 6.07) is 7.55. The van der Waals surface area contributed by atoms with E-state index in [-0.39, 0.29) is 11.8 Å². The average Bonchev–Trinajstić information content (AvgIpc) is 3.04. The van der Waals surface area contributed by atoms with Crippen molar-refractivity contribution in [2.45, 2.75) is 27.3 Å². The van der Waals surface area contributed by atoms with Crippen LogP contribution in [0.5, 0.6) is 0 Å². The molecule has 29 heavy (non-hydrogen) atoms. The van der Waals surface area contributed by atoms with Gasteiger partial charge in [0, 0.05) is 32.4 Å². The second-order valence-electron chi connectivity index (χ2n) is 6.96. The van der Waals surface area contributed by atoms with Gasteiger partial charge in [0.25, 0.3) is 11.8 Å². The Labute approximate surface area is 169 Å². The zero-order valence-electron chi connectivity index (χ0n) is 17.1. The molecule has 0 aliphatic rings. The van der Waals surface area contributed by atoms with E-state index in [0.29, 0.717) is 40.6 Å². The number of carbonyl (C=O) groups is 2. The molecule has 0 spiro atoms. The van der Waals surface area contributed by atoms with Crippen LogP contribution in [0.3, 0.4) is 0 Å². The van der Waals surface area contributed by atoms with Gasteiger partial charge in [-0.05, 0) is 26.3 Å². The van der Waals surface area contributed by atoms with Gasteiger partial charge in [-0.2, -0.15) is 0 Å². The molecule has 0 aliphatic heterocycles. The minimum absolute atomic E-state index is 0.157. The highest BCUT2D eigenvalue weighted by Crippen LogP contribution is 2.23. The van der Waals surface area contributed by atoms with Crippen molar-refractivity contribution in [3.63, 3.8) is 0 Å². The number of carbonyl (C=O) groups excluding carboxylic acids is 2. The molecule has 2 amide bonds. The summed E-state index contributed by atoms with van der Waals surface area (Å²) >= 11 is 0. The van der Waals surface area contributed by atoms with Crippen LogP contribution in [0.2, 0.25) is 0 Å². The SMILES string of the molecule is Cc1ncc(C(=O)N(C)C)c(-c2ccc(CNC(=O)c3c(C)noc3C)cc2)n1. The number of benzene rings is 1. The van der Waals surface area contributed by atoms with Gasteiger partial charge >= 0.3 is 0 Å². The second-order valence-corrected chi connectivity index (χ2v) is 6.96. The number of hydrogen-bond donors (Lipinski definition) is 1. The Morgan fingerprint density at radius 2 is 1.79 bits per heavy atom. The highest BCUT2D eigenvalue weighted by molar-refractivity contribution is 5.99. The number of aryl methyl sites for hydroxylation is 3. The van der Waals surface area contributed by atoms with E-state index < -0.39 is 0 Å². The Hall–Kier alpha value is -3.55. The third-order valence-electron chi connectivity index (χ3n) is 4.49. The molecule has 0 aliphatic carbocycles. The Kier molecular flexibility index (Phi) is 5.72. The summed E-state index contributed by atoms with van der Waals surface area (Å²) in [5.74, 6) is 0.699. The topological polar surface area (TPSA) is 101 Å². The molecule has 0 saturated heterocycles. The van der Waals surface area contributed by atoms with Gasteiger partial charge in [-0.25, -0.2) is 9.97 Å². The maximum atomic E-state index is 12.4. The highest BCUT2D eigenvalue weighted by Gasteiger charge is 2.18. The molecule has 2 heterocycles. The van der Waals surface area contributed by atoms with E-state index in [9.17, 15) is 9.59 Å². The largest absolute Gasteiger partial charge is 0.361 e. The van der Waals surface area contributed by atoms with Crippen molar-refractivity contribution in [1.82, 2.24) is 25.3 Å². The van der Waals surface area contributed by atoms with Crippen LogP contribution in [-0.4, -0.2) is 45.9 Å². The second kappa shape index (κ2) is 8.22. The number of aromatic nitrogens is 3. The Balaban J connectivity index is 1.78. The van der Waals surface area contributed by atoms with E-state index in [1.807, 2.05) is 24.3 Å². The minimum Gasteiger partial charge on any atom is -0.361 e. The van der Waals surface area contributed by atoms with Crippen LogP contribution in [0.15, 0.2) is 35.0 Å². The number of rotatable bonds is 5. The normalized spacial score (nSPS) is 10.7. The van der Waals surface area contributed by atoms with E-state index in [2.05, 4.69) is 20.4 Å². The fourth-order valence-corrected chi connectivity index (χ4v) is 2.95. The first-order chi connectivity index (χ1) is 13.8. The van der Waals surface area contributed by atoms with Crippen molar-refractivity contribution in [2.24, 2.45) is 0 Å². The van der Waals surface area contributed by atoms with Crippen molar-refractivity contribution < 1.29 is 14.1 Å². The molecule has 0 saturated carbocycles. The molecule has 150 valence electrons. The molecular weight excluding hydrogens is 370 g/mol. The van der Waals surface area contributed by atoms with E-state index in [1.165, 1.54) is 4.90 Å². The lowest BCUT2D eigenvalue weighted by Gasteiger charge is -2.14. The van der Waals surface area contributed by atoms with Crippen molar-refractivity contribution in [3.8, 4) is 11.3 Å². The molecule has 1 N–H and O–H groups in total. The van der Waals surface area contributed by atoms with Crippen LogP contribution in [-0.2, 0) is 6.54 Å². The first-order valence-electron chi connectivity index (χ1n) is 9.13. The lowest BCUT2D eigenvalue weighted by Crippen LogP contribution is -2.24. The van der Waals surface area contributed by atoms with Crippen LogP contribution in [0.25, 0.3) is 11.3 Å². The molecule has 1 aromatic carbocycles. The van der Waals surface area contributed by atoms with Crippen LogP contribution in [0, 0.1) is 20.8 Å². The smallest absolute Gasteiger partial charge is 0.257 e. The van der Waals surface area contributed by atoms with Crippen molar-refractivity contribution >= 4 is 11.8 Å². The van der Waals surface area contributed by atoms with E-state index >= 15 is 0 Å². The summed E-state index contributed by atoms with van der Waals surface area (Å²) in [5, 5.41) is 6.67. The summed E-state index contributed by atoms with van der Waals surface area (Å²) < 4.78 is 5.04. The lowest BCUT2D eigenvalue weighted by atomic mass is 10.0. The molecule has 0 atom stereocenters. The van der Waals surface area contributed by atoms with Crippen molar-refractivity contribution in [3.05, 3.63) is 64.4 Å². The zero-order chi connectivity index (χ0) is 21.1. The van der Waals surface area contributed by atoms with Crippen LogP contribution < -0.4 is 5.32 Å². The molecule has 0 fully saturated rings. The lowest BCUT2D eigenvalue weighted by molar-refractivity contribution is 0.0827. The van der Waals surface area contributed by atoms with Crippen LogP contribution in [0.4, 0.5) is 0 Å². The van der Waals surface area contributed by atoms with Gasteiger partial charge in [0.15, 0.2) is 0 Å². The number of nitrogens with zero attached hydrogens (tertiary/aromatic N) is 4. The van der Waals surface area contributed by atoms with Crippen LogP contribution >= 0.6 is 0 Å². The Morgan fingerprint density at radius 1 is 1.10 bits per heavy atom. The molecule has 3 rings (SSSR count). The molecular formula is C21H23N5O3. The molecule has 0 unspecified atom stereocenters. The molecule has 2 aromatic heterocycles. The average molecular weight is 393 g/mol. The quantitative estimate of drug-likeness (QED) is 0.715. The summed E-state index contributed by atoms with van der Waals surface area (Å²) in [6.07, 6.45) is 1.55. The monoisotopic (exact) mass is 393 g/mol. The van der Waals surface area contributed by atoms with Gasteiger partial charge in [-0.1, -0.05) is 29.4 Å². The maximum absolute atomic E-state index is 12.4. The molecule has 8 heteroatoms. The summed E-state index contributed by atoms with van der Waals surface area (Å²) in [5.41, 5.74) is 3.78. The van der Waals surface area contributed by atoms with Crippen molar-refractivity contribution in [2.75, 3.05) is 14.1 Å². The predicted octanol–water partition coefficient (Wildman–Crippen LogP) is 2.69. The molecule has 0 radical (unpaired) electrons. The fourth-order valence-electron chi connectivity index (χ4n) is 2.95. The number of nitrogens with one attached hydrogen (secondary N) is 1. The van der Waals surface area contributed by atoms with Gasteiger partial charge < -0.3 is 14.7 Å². The van der Waals surface area contributed by atoms with Crippen LogP contribution in [0.1, 0.15) is 43.6 Å².